The number of amides is 2. The third-order valence-corrected chi connectivity index (χ3v) is 3.02. The molecule has 0 saturated heterocycles. The van der Waals surface area contributed by atoms with E-state index >= 15 is 0 Å². The third-order valence-electron chi connectivity index (χ3n) is 3.02. The van der Waals surface area contributed by atoms with Gasteiger partial charge in [-0.05, 0) is 24.8 Å². The highest BCUT2D eigenvalue weighted by Crippen LogP contribution is 2.14. The summed E-state index contributed by atoms with van der Waals surface area (Å²) >= 11 is 0. The lowest BCUT2D eigenvalue weighted by atomic mass is 9.91. The lowest BCUT2D eigenvalue weighted by Crippen LogP contribution is -2.54. The fraction of sp³-hybridized carbons (Fsp3) is 0.533. The zero-order chi connectivity index (χ0) is 14.3. The van der Waals surface area contributed by atoms with Crippen molar-refractivity contribution in [1.82, 2.24) is 10.6 Å². The summed E-state index contributed by atoms with van der Waals surface area (Å²) in [5, 5.41) is 5.83. The average molecular weight is 263 g/mol. The van der Waals surface area contributed by atoms with Crippen molar-refractivity contribution in [1.29, 1.82) is 0 Å². The molecule has 4 heteroatoms. The Morgan fingerprint density at radius 1 is 1.32 bits per heavy atom. The van der Waals surface area contributed by atoms with Crippen molar-refractivity contribution in [3.05, 3.63) is 35.9 Å². The molecular formula is C15H25N3O. The van der Waals surface area contributed by atoms with Gasteiger partial charge < -0.3 is 16.4 Å². The van der Waals surface area contributed by atoms with E-state index in [0.29, 0.717) is 19.0 Å². The van der Waals surface area contributed by atoms with Crippen LogP contribution >= 0.6 is 0 Å². The van der Waals surface area contributed by atoms with Gasteiger partial charge in [0.15, 0.2) is 0 Å². The summed E-state index contributed by atoms with van der Waals surface area (Å²) in [4.78, 5) is 11.9. The minimum absolute atomic E-state index is 0.169. The Balaban J connectivity index is 2.45. The minimum atomic E-state index is -0.352. The van der Waals surface area contributed by atoms with E-state index in [0.717, 1.165) is 12.0 Å². The van der Waals surface area contributed by atoms with Crippen molar-refractivity contribution in [3.63, 3.8) is 0 Å². The molecule has 0 heterocycles. The van der Waals surface area contributed by atoms with Gasteiger partial charge in [-0.3, -0.25) is 0 Å². The number of carbonyl (C=O) groups is 1. The van der Waals surface area contributed by atoms with Crippen molar-refractivity contribution in [2.24, 2.45) is 11.7 Å². The van der Waals surface area contributed by atoms with Crippen molar-refractivity contribution >= 4 is 6.03 Å². The molecule has 1 atom stereocenters. The molecule has 19 heavy (non-hydrogen) atoms. The van der Waals surface area contributed by atoms with Crippen molar-refractivity contribution in [2.45, 2.75) is 39.3 Å². The maximum absolute atomic E-state index is 11.9. The van der Waals surface area contributed by atoms with E-state index in [1.54, 1.807) is 0 Å². The van der Waals surface area contributed by atoms with Crippen LogP contribution in [0.3, 0.4) is 0 Å². The first-order valence-electron chi connectivity index (χ1n) is 6.75. The summed E-state index contributed by atoms with van der Waals surface area (Å²) < 4.78 is 0. The Labute approximate surface area is 115 Å². The summed E-state index contributed by atoms with van der Waals surface area (Å²) in [5.74, 6) is 0.489. The second-order valence-electron chi connectivity index (χ2n) is 5.66. The Morgan fingerprint density at radius 3 is 2.47 bits per heavy atom. The molecule has 1 aromatic carbocycles. The summed E-state index contributed by atoms with van der Waals surface area (Å²) in [6, 6.07) is 9.66. The first-order chi connectivity index (χ1) is 8.95. The molecule has 4 N–H and O–H groups in total. The molecule has 0 aromatic heterocycles. The summed E-state index contributed by atoms with van der Waals surface area (Å²) in [7, 11) is 0. The molecule has 0 aliphatic rings. The summed E-state index contributed by atoms with van der Waals surface area (Å²) in [5.41, 5.74) is 6.50. The SMILES string of the molecule is CC(C)CC(C)(CN)NC(=O)NCc1ccccc1. The normalized spacial score (nSPS) is 13.9. The molecular weight excluding hydrogens is 238 g/mol. The molecule has 0 fully saturated rings. The number of benzene rings is 1. The second kappa shape index (κ2) is 7.14. The molecule has 0 aliphatic heterocycles. The number of urea groups is 1. The van der Waals surface area contributed by atoms with Gasteiger partial charge in [0, 0.05) is 13.1 Å². The van der Waals surface area contributed by atoms with Gasteiger partial charge in [0.25, 0.3) is 0 Å². The Hall–Kier alpha value is -1.55. The van der Waals surface area contributed by atoms with Gasteiger partial charge in [-0.25, -0.2) is 4.79 Å². The molecule has 0 saturated carbocycles. The van der Waals surface area contributed by atoms with E-state index in [4.69, 9.17) is 5.73 Å². The highest BCUT2D eigenvalue weighted by atomic mass is 16.2. The van der Waals surface area contributed by atoms with Gasteiger partial charge in [0.05, 0.1) is 5.54 Å². The van der Waals surface area contributed by atoms with Gasteiger partial charge in [0.1, 0.15) is 0 Å². The smallest absolute Gasteiger partial charge is 0.315 e. The quantitative estimate of drug-likeness (QED) is 0.737. The van der Waals surface area contributed by atoms with Crippen LogP contribution < -0.4 is 16.4 Å². The largest absolute Gasteiger partial charge is 0.334 e. The van der Waals surface area contributed by atoms with Crippen LogP contribution in [-0.2, 0) is 6.54 Å². The van der Waals surface area contributed by atoms with Crippen molar-refractivity contribution in [3.8, 4) is 0 Å². The van der Waals surface area contributed by atoms with E-state index in [2.05, 4.69) is 24.5 Å². The predicted octanol–water partition coefficient (Wildman–Crippen LogP) is 2.25. The maximum Gasteiger partial charge on any atom is 0.315 e. The molecule has 0 bridgehead atoms. The molecule has 1 unspecified atom stereocenters. The Bertz CT molecular complexity index is 392. The van der Waals surface area contributed by atoms with Gasteiger partial charge in [0.2, 0.25) is 0 Å². The third kappa shape index (κ3) is 5.75. The van der Waals surface area contributed by atoms with Crippen LogP contribution in [0.2, 0.25) is 0 Å². The standard InChI is InChI=1S/C15H25N3O/c1-12(2)9-15(3,11-16)18-14(19)17-10-13-7-5-4-6-8-13/h4-8,12H,9-11,16H2,1-3H3,(H2,17,18,19). The van der Waals surface area contributed by atoms with E-state index in [-0.39, 0.29) is 11.6 Å². The molecule has 4 nitrogen and oxygen atoms in total. The van der Waals surface area contributed by atoms with Crippen LogP contribution in [-0.4, -0.2) is 18.1 Å². The number of nitrogens with one attached hydrogen (secondary N) is 2. The van der Waals surface area contributed by atoms with Gasteiger partial charge in [-0.15, -0.1) is 0 Å². The first kappa shape index (κ1) is 15.5. The summed E-state index contributed by atoms with van der Waals surface area (Å²) in [6.45, 7) is 7.18. The molecule has 106 valence electrons. The Kier molecular flexibility index (Phi) is 5.83. The molecule has 0 aliphatic carbocycles. The van der Waals surface area contributed by atoms with E-state index in [9.17, 15) is 4.79 Å². The second-order valence-corrected chi connectivity index (χ2v) is 5.66. The summed E-state index contributed by atoms with van der Waals surface area (Å²) in [6.07, 6.45) is 0.863. The van der Waals surface area contributed by atoms with Crippen molar-refractivity contribution in [2.75, 3.05) is 6.54 Å². The molecule has 1 aromatic rings. The lowest BCUT2D eigenvalue weighted by Gasteiger charge is -2.31. The fourth-order valence-electron chi connectivity index (χ4n) is 2.18. The molecule has 0 radical (unpaired) electrons. The van der Waals surface area contributed by atoms with E-state index < -0.39 is 0 Å². The average Bonchev–Trinajstić information content (AvgIpc) is 2.36. The predicted molar refractivity (Wildman–Crippen MR) is 78.7 cm³/mol. The zero-order valence-corrected chi connectivity index (χ0v) is 12.1. The van der Waals surface area contributed by atoms with E-state index in [1.807, 2.05) is 37.3 Å². The topological polar surface area (TPSA) is 67.1 Å². The molecule has 1 rings (SSSR count). The van der Waals surface area contributed by atoms with Crippen LogP contribution in [0, 0.1) is 5.92 Å². The molecule has 0 spiro atoms. The van der Waals surface area contributed by atoms with Gasteiger partial charge >= 0.3 is 6.03 Å². The van der Waals surface area contributed by atoms with Gasteiger partial charge in [-0.2, -0.15) is 0 Å². The minimum Gasteiger partial charge on any atom is -0.334 e. The number of hydrogen-bond donors (Lipinski definition) is 3. The van der Waals surface area contributed by atoms with E-state index in [1.165, 1.54) is 0 Å². The van der Waals surface area contributed by atoms with Crippen LogP contribution in [0.25, 0.3) is 0 Å². The first-order valence-corrected chi connectivity index (χ1v) is 6.75. The maximum atomic E-state index is 11.9. The highest BCUT2D eigenvalue weighted by molar-refractivity contribution is 5.74. The van der Waals surface area contributed by atoms with Crippen LogP contribution in [0.4, 0.5) is 4.79 Å². The highest BCUT2D eigenvalue weighted by Gasteiger charge is 2.25. The number of rotatable bonds is 6. The Morgan fingerprint density at radius 2 is 1.95 bits per heavy atom. The fourth-order valence-corrected chi connectivity index (χ4v) is 2.18. The van der Waals surface area contributed by atoms with Gasteiger partial charge in [-0.1, -0.05) is 44.2 Å². The van der Waals surface area contributed by atoms with Crippen LogP contribution in [0.5, 0.6) is 0 Å². The number of carbonyl (C=O) groups excluding carboxylic acids is 1. The van der Waals surface area contributed by atoms with Crippen LogP contribution in [0.15, 0.2) is 30.3 Å². The lowest BCUT2D eigenvalue weighted by molar-refractivity contribution is 0.221. The zero-order valence-electron chi connectivity index (χ0n) is 12.1. The van der Waals surface area contributed by atoms with Crippen LogP contribution in [0.1, 0.15) is 32.8 Å². The molecule has 2 amide bonds. The number of hydrogen-bond acceptors (Lipinski definition) is 2. The monoisotopic (exact) mass is 263 g/mol. The van der Waals surface area contributed by atoms with Crippen molar-refractivity contribution < 1.29 is 4.79 Å². The number of nitrogens with two attached hydrogens (primary N) is 1.